The summed E-state index contributed by atoms with van der Waals surface area (Å²) in [6, 6.07) is 13.8. The van der Waals surface area contributed by atoms with E-state index in [0.29, 0.717) is 11.7 Å². The van der Waals surface area contributed by atoms with Crippen molar-refractivity contribution in [3.8, 4) is 5.75 Å². The molecule has 1 amide bonds. The van der Waals surface area contributed by atoms with Gasteiger partial charge in [0.2, 0.25) is 5.91 Å². The Morgan fingerprint density at radius 1 is 1.20 bits per heavy atom. The maximum absolute atomic E-state index is 12.1. The fourth-order valence-electron chi connectivity index (χ4n) is 2.40. The molecule has 0 aliphatic heterocycles. The van der Waals surface area contributed by atoms with Gasteiger partial charge in [0.05, 0.1) is 16.8 Å². The zero-order valence-electron chi connectivity index (χ0n) is 14.3. The van der Waals surface area contributed by atoms with Crippen LogP contribution in [0.4, 0.5) is 5.13 Å². The lowest BCUT2D eigenvalue weighted by Crippen LogP contribution is -2.07. The highest BCUT2D eigenvalue weighted by molar-refractivity contribution is 7.22. The van der Waals surface area contributed by atoms with Crippen LogP contribution in [-0.4, -0.2) is 17.5 Å². The molecule has 0 unspecified atom stereocenters. The minimum atomic E-state index is -0.191. The lowest BCUT2D eigenvalue weighted by atomic mass is 10.2. The van der Waals surface area contributed by atoms with Gasteiger partial charge in [-0.25, -0.2) is 4.98 Å². The first-order valence-electron chi connectivity index (χ1n) is 8.29. The quantitative estimate of drug-likeness (QED) is 0.641. The molecule has 0 bridgehead atoms. The van der Waals surface area contributed by atoms with E-state index >= 15 is 0 Å². The molecule has 0 saturated heterocycles. The number of anilines is 1. The molecule has 0 aliphatic carbocycles. The molecule has 0 spiro atoms. The third kappa shape index (κ3) is 4.45. The number of rotatable bonds is 6. The Bertz CT molecular complexity index is 898. The maximum Gasteiger partial charge on any atom is 0.250 e. The van der Waals surface area contributed by atoms with Crippen LogP contribution in [0.2, 0.25) is 0 Å². The fraction of sp³-hybridized carbons (Fsp3) is 0.200. The van der Waals surface area contributed by atoms with E-state index < -0.39 is 0 Å². The first-order valence-corrected chi connectivity index (χ1v) is 9.11. The van der Waals surface area contributed by atoms with Crippen LogP contribution in [0, 0.1) is 0 Å². The largest absolute Gasteiger partial charge is 0.494 e. The minimum Gasteiger partial charge on any atom is -0.494 e. The van der Waals surface area contributed by atoms with Crippen molar-refractivity contribution >= 4 is 38.7 Å². The summed E-state index contributed by atoms with van der Waals surface area (Å²) >= 11 is 1.49. The van der Waals surface area contributed by atoms with E-state index in [1.807, 2.05) is 37.3 Å². The number of aromatic nitrogens is 1. The van der Waals surface area contributed by atoms with Gasteiger partial charge in [0.25, 0.3) is 0 Å². The lowest BCUT2D eigenvalue weighted by Gasteiger charge is -2.02. The van der Waals surface area contributed by atoms with Gasteiger partial charge in [-0.2, -0.15) is 0 Å². The third-order valence-electron chi connectivity index (χ3n) is 3.71. The molecule has 0 radical (unpaired) electrons. The van der Waals surface area contributed by atoms with Crippen LogP contribution in [0.25, 0.3) is 16.3 Å². The van der Waals surface area contributed by atoms with Crippen molar-refractivity contribution in [2.45, 2.75) is 20.3 Å². The number of nitrogens with zero attached hydrogens (tertiary/aromatic N) is 1. The minimum absolute atomic E-state index is 0.191. The summed E-state index contributed by atoms with van der Waals surface area (Å²) in [7, 11) is 0. The van der Waals surface area contributed by atoms with Crippen LogP contribution in [0.1, 0.15) is 25.0 Å². The van der Waals surface area contributed by atoms with Crippen molar-refractivity contribution in [3.05, 3.63) is 59.7 Å². The van der Waals surface area contributed by atoms with Gasteiger partial charge >= 0.3 is 0 Å². The summed E-state index contributed by atoms with van der Waals surface area (Å²) in [5.41, 5.74) is 3.12. The predicted molar refractivity (Wildman–Crippen MR) is 104 cm³/mol. The summed E-state index contributed by atoms with van der Waals surface area (Å²) in [5.74, 6) is 0.633. The van der Waals surface area contributed by atoms with Crippen LogP contribution < -0.4 is 10.1 Å². The highest BCUT2D eigenvalue weighted by Gasteiger charge is 2.06. The molecule has 1 aromatic heterocycles. The van der Waals surface area contributed by atoms with Crippen LogP contribution in [0.15, 0.2) is 48.5 Å². The van der Waals surface area contributed by atoms with Crippen LogP contribution in [0.5, 0.6) is 5.75 Å². The molecular formula is C20H20N2O2S. The molecule has 1 N–H and O–H groups in total. The van der Waals surface area contributed by atoms with E-state index in [0.717, 1.165) is 28.0 Å². The van der Waals surface area contributed by atoms with Gasteiger partial charge in [-0.1, -0.05) is 36.5 Å². The molecule has 2 aromatic carbocycles. The molecule has 3 aromatic rings. The Kier molecular flexibility index (Phi) is 5.46. The Balaban J connectivity index is 1.65. The predicted octanol–water partition coefficient (Wildman–Crippen LogP) is 4.91. The Hall–Kier alpha value is -2.66. The number of fused-ring (bicyclic) bond motifs is 1. The number of ether oxygens (including phenoxy) is 1. The Labute approximate surface area is 151 Å². The number of nitrogens with one attached hydrogen (secondary N) is 1. The smallest absolute Gasteiger partial charge is 0.250 e. The highest BCUT2D eigenvalue weighted by Crippen LogP contribution is 2.27. The van der Waals surface area contributed by atoms with Gasteiger partial charge in [-0.15, -0.1) is 0 Å². The van der Waals surface area contributed by atoms with E-state index in [2.05, 4.69) is 29.4 Å². The van der Waals surface area contributed by atoms with Crippen LogP contribution >= 0.6 is 11.3 Å². The molecular weight excluding hydrogens is 332 g/mol. The van der Waals surface area contributed by atoms with E-state index in [1.165, 1.54) is 23.0 Å². The summed E-state index contributed by atoms with van der Waals surface area (Å²) in [6.07, 6.45) is 4.27. The molecule has 4 nitrogen and oxygen atoms in total. The van der Waals surface area contributed by atoms with Crippen molar-refractivity contribution in [2.24, 2.45) is 0 Å². The number of carbonyl (C=O) groups excluding carboxylic acids is 1. The first-order chi connectivity index (χ1) is 12.2. The van der Waals surface area contributed by atoms with Gasteiger partial charge < -0.3 is 4.74 Å². The van der Waals surface area contributed by atoms with Crippen LogP contribution in [0.3, 0.4) is 0 Å². The molecule has 1 heterocycles. The Morgan fingerprint density at radius 2 is 2.00 bits per heavy atom. The van der Waals surface area contributed by atoms with Crippen LogP contribution in [-0.2, 0) is 11.2 Å². The van der Waals surface area contributed by atoms with E-state index in [-0.39, 0.29) is 5.91 Å². The second-order valence-electron chi connectivity index (χ2n) is 5.50. The monoisotopic (exact) mass is 352 g/mol. The fourth-order valence-corrected chi connectivity index (χ4v) is 3.34. The average Bonchev–Trinajstić information content (AvgIpc) is 3.02. The molecule has 0 saturated carbocycles. The van der Waals surface area contributed by atoms with Gasteiger partial charge in [-0.05, 0) is 54.8 Å². The number of benzene rings is 2. The molecule has 0 atom stereocenters. The topological polar surface area (TPSA) is 51.2 Å². The molecule has 3 rings (SSSR count). The van der Waals surface area contributed by atoms with E-state index in [4.69, 9.17) is 4.74 Å². The molecule has 0 aliphatic rings. The van der Waals surface area contributed by atoms with E-state index in [9.17, 15) is 4.79 Å². The number of thiazole rings is 1. The second-order valence-corrected chi connectivity index (χ2v) is 6.53. The zero-order chi connectivity index (χ0) is 17.6. The number of amides is 1. The molecule has 128 valence electrons. The normalized spacial score (nSPS) is 11.1. The van der Waals surface area contributed by atoms with E-state index in [1.54, 1.807) is 6.08 Å². The molecule has 25 heavy (non-hydrogen) atoms. The van der Waals surface area contributed by atoms with Gasteiger partial charge in [0.15, 0.2) is 5.13 Å². The molecule has 0 fully saturated rings. The molecule has 5 heteroatoms. The summed E-state index contributed by atoms with van der Waals surface area (Å²) in [6.45, 7) is 4.71. The van der Waals surface area contributed by atoms with Crippen molar-refractivity contribution in [1.29, 1.82) is 0 Å². The number of aryl methyl sites for hydroxylation is 1. The van der Waals surface area contributed by atoms with Gasteiger partial charge in [-0.3, -0.25) is 10.1 Å². The van der Waals surface area contributed by atoms with Crippen molar-refractivity contribution < 1.29 is 9.53 Å². The zero-order valence-corrected chi connectivity index (χ0v) is 15.1. The number of hydrogen-bond acceptors (Lipinski definition) is 4. The second kappa shape index (κ2) is 7.94. The Morgan fingerprint density at radius 3 is 2.72 bits per heavy atom. The SMILES string of the molecule is CCOc1ccc(/C=C/C(=O)Nc2nc3ccc(CC)cc3s2)cc1. The lowest BCUT2D eigenvalue weighted by molar-refractivity contribution is -0.111. The van der Waals surface area contributed by atoms with Gasteiger partial charge in [0, 0.05) is 6.08 Å². The highest BCUT2D eigenvalue weighted by atomic mass is 32.1. The summed E-state index contributed by atoms with van der Waals surface area (Å²) < 4.78 is 6.49. The van der Waals surface area contributed by atoms with Crippen molar-refractivity contribution in [2.75, 3.05) is 11.9 Å². The standard InChI is InChI=1S/C20H20N2O2S/c1-3-14-7-11-17-18(13-14)25-20(21-17)22-19(23)12-8-15-5-9-16(10-6-15)24-4-2/h5-13H,3-4H2,1-2H3,(H,21,22,23)/b12-8+. The third-order valence-corrected chi connectivity index (χ3v) is 4.64. The maximum atomic E-state index is 12.1. The van der Waals surface area contributed by atoms with Crippen molar-refractivity contribution in [1.82, 2.24) is 4.98 Å². The van der Waals surface area contributed by atoms with Gasteiger partial charge in [0.1, 0.15) is 5.75 Å². The number of hydrogen-bond donors (Lipinski definition) is 1. The first kappa shape index (κ1) is 17.2. The summed E-state index contributed by atoms with van der Waals surface area (Å²) in [4.78, 5) is 16.6. The average molecular weight is 352 g/mol. The number of carbonyl (C=O) groups is 1. The summed E-state index contributed by atoms with van der Waals surface area (Å²) in [5, 5.41) is 3.44. The van der Waals surface area contributed by atoms with Crippen molar-refractivity contribution in [3.63, 3.8) is 0 Å².